The van der Waals surface area contributed by atoms with Crippen LogP contribution in [0.4, 0.5) is 5.82 Å². The van der Waals surface area contributed by atoms with Crippen molar-refractivity contribution in [3.8, 4) is 0 Å². The standard InChI is InChI=1S/C12H14N4OS/c1-16(2)11-4-3-9(5-13-11)6-14-12(17)10-7-18-8-15-10/h3-5,7-8H,6H2,1-2H3,(H,14,17). The third kappa shape index (κ3) is 3.04. The topological polar surface area (TPSA) is 58.1 Å². The zero-order valence-electron chi connectivity index (χ0n) is 10.3. The van der Waals surface area contributed by atoms with Gasteiger partial charge in [0, 0.05) is 32.2 Å². The van der Waals surface area contributed by atoms with Crippen LogP contribution in [0.5, 0.6) is 0 Å². The highest BCUT2D eigenvalue weighted by molar-refractivity contribution is 7.07. The van der Waals surface area contributed by atoms with E-state index in [0.717, 1.165) is 11.4 Å². The van der Waals surface area contributed by atoms with Crippen LogP contribution in [0.2, 0.25) is 0 Å². The molecule has 2 aromatic heterocycles. The largest absolute Gasteiger partial charge is 0.363 e. The number of carbonyl (C=O) groups excluding carboxylic acids is 1. The van der Waals surface area contributed by atoms with E-state index in [1.165, 1.54) is 11.3 Å². The predicted octanol–water partition coefficient (Wildman–Crippen LogP) is 1.53. The van der Waals surface area contributed by atoms with E-state index >= 15 is 0 Å². The van der Waals surface area contributed by atoms with Crippen LogP contribution in [0.3, 0.4) is 0 Å². The predicted molar refractivity (Wildman–Crippen MR) is 71.8 cm³/mol. The Labute approximate surface area is 109 Å². The first-order chi connectivity index (χ1) is 8.66. The minimum absolute atomic E-state index is 0.159. The minimum atomic E-state index is -0.159. The van der Waals surface area contributed by atoms with Crippen LogP contribution in [-0.4, -0.2) is 30.0 Å². The van der Waals surface area contributed by atoms with Gasteiger partial charge in [0.2, 0.25) is 0 Å². The van der Waals surface area contributed by atoms with Gasteiger partial charge >= 0.3 is 0 Å². The van der Waals surface area contributed by atoms with Crippen molar-refractivity contribution in [1.82, 2.24) is 15.3 Å². The smallest absolute Gasteiger partial charge is 0.271 e. The molecular formula is C12H14N4OS. The van der Waals surface area contributed by atoms with Gasteiger partial charge in [0.1, 0.15) is 11.5 Å². The number of amides is 1. The van der Waals surface area contributed by atoms with Crippen molar-refractivity contribution < 1.29 is 4.79 Å². The summed E-state index contributed by atoms with van der Waals surface area (Å²) < 4.78 is 0. The molecule has 18 heavy (non-hydrogen) atoms. The zero-order chi connectivity index (χ0) is 13.0. The maximum atomic E-state index is 11.7. The molecule has 5 nitrogen and oxygen atoms in total. The molecule has 0 aromatic carbocycles. The lowest BCUT2D eigenvalue weighted by atomic mass is 10.2. The summed E-state index contributed by atoms with van der Waals surface area (Å²) in [6, 6.07) is 3.87. The summed E-state index contributed by atoms with van der Waals surface area (Å²) in [6.45, 7) is 0.455. The van der Waals surface area contributed by atoms with E-state index in [0.29, 0.717) is 12.2 Å². The fraction of sp³-hybridized carbons (Fsp3) is 0.250. The Morgan fingerprint density at radius 2 is 2.22 bits per heavy atom. The molecule has 0 bridgehead atoms. The number of anilines is 1. The Morgan fingerprint density at radius 3 is 2.78 bits per heavy atom. The SMILES string of the molecule is CN(C)c1ccc(CNC(=O)c2cscn2)cn1. The molecule has 0 saturated carbocycles. The quantitative estimate of drug-likeness (QED) is 0.908. The van der Waals surface area contributed by atoms with E-state index in [2.05, 4.69) is 15.3 Å². The van der Waals surface area contributed by atoms with Gasteiger partial charge < -0.3 is 10.2 Å². The molecule has 0 spiro atoms. The van der Waals surface area contributed by atoms with Crippen molar-refractivity contribution in [2.45, 2.75) is 6.54 Å². The molecule has 94 valence electrons. The Hall–Kier alpha value is -1.95. The maximum Gasteiger partial charge on any atom is 0.271 e. The third-order valence-electron chi connectivity index (χ3n) is 2.39. The molecule has 0 aliphatic rings. The van der Waals surface area contributed by atoms with E-state index in [1.807, 2.05) is 31.1 Å². The molecule has 0 saturated heterocycles. The van der Waals surface area contributed by atoms with Gasteiger partial charge in [-0.3, -0.25) is 4.79 Å². The Kier molecular flexibility index (Phi) is 3.88. The lowest BCUT2D eigenvalue weighted by Crippen LogP contribution is -2.23. The highest BCUT2D eigenvalue weighted by Crippen LogP contribution is 2.08. The first-order valence-electron chi connectivity index (χ1n) is 5.45. The summed E-state index contributed by atoms with van der Waals surface area (Å²) in [5.74, 6) is 0.734. The summed E-state index contributed by atoms with van der Waals surface area (Å²) in [7, 11) is 3.87. The summed E-state index contributed by atoms with van der Waals surface area (Å²) in [4.78, 5) is 21.8. The van der Waals surface area contributed by atoms with Crippen molar-refractivity contribution >= 4 is 23.1 Å². The average molecular weight is 262 g/mol. The van der Waals surface area contributed by atoms with Gasteiger partial charge in [-0.05, 0) is 11.6 Å². The molecule has 0 unspecified atom stereocenters. The Morgan fingerprint density at radius 1 is 1.39 bits per heavy atom. The van der Waals surface area contributed by atoms with Crippen LogP contribution >= 0.6 is 11.3 Å². The van der Waals surface area contributed by atoms with Gasteiger partial charge in [0.15, 0.2) is 0 Å². The number of hydrogen-bond acceptors (Lipinski definition) is 5. The van der Waals surface area contributed by atoms with Crippen LogP contribution in [0.25, 0.3) is 0 Å². The molecule has 0 aliphatic carbocycles. The molecule has 0 radical (unpaired) electrons. The first-order valence-corrected chi connectivity index (χ1v) is 6.40. The number of nitrogens with zero attached hydrogens (tertiary/aromatic N) is 3. The van der Waals surface area contributed by atoms with Gasteiger partial charge in [0.25, 0.3) is 5.91 Å². The van der Waals surface area contributed by atoms with Gasteiger partial charge in [-0.1, -0.05) is 6.07 Å². The van der Waals surface area contributed by atoms with Crippen LogP contribution in [0.1, 0.15) is 16.1 Å². The molecule has 1 amide bonds. The van der Waals surface area contributed by atoms with Crippen LogP contribution in [-0.2, 0) is 6.54 Å². The molecule has 2 aromatic rings. The van der Waals surface area contributed by atoms with Crippen LogP contribution in [0, 0.1) is 0 Å². The molecule has 0 atom stereocenters. The number of carbonyl (C=O) groups is 1. The Balaban J connectivity index is 1.92. The molecule has 1 N–H and O–H groups in total. The van der Waals surface area contributed by atoms with Crippen LogP contribution < -0.4 is 10.2 Å². The molecular weight excluding hydrogens is 248 g/mol. The van der Waals surface area contributed by atoms with Gasteiger partial charge in [-0.15, -0.1) is 11.3 Å². The van der Waals surface area contributed by atoms with Gasteiger partial charge in [-0.25, -0.2) is 9.97 Å². The Bertz CT molecular complexity index is 507. The zero-order valence-corrected chi connectivity index (χ0v) is 11.1. The number of nitrogens with one attached hydrogen (secondary N) is 1. The van der Waals surface area contributed by atoms with Crippen molar-refractivity contribution in [2.75, 3.05) is 19.0 Å². The molecule has 2 rings (SSSR count). The normalized spacial score (nSPS) is 10.1. The second kappa shape index (κ2) is 5.59. The third-order valence-corrected chi connectivity index (χ3v) is 2.97. The van der Waals surface area contributed by atoms with Gasteiger partial charge in [0.05, 0.1) is 5.51 Å². The second-order valence-electron chi connectivity index (χ2n) is 3.98. The van der Waals surface area contributed by atoms with Crippen molar-refractivity contribution in [3.05, 3.63) is 40.5 Å². The van der Waals surface area contributed by atoms with Crippen molar-refractivity contribution in [3.63, 3.8) is 0 Å². The summed E-state index contributed by atoms with van der Waals surface area (Å²) in [6.07, 6.45) is 1.76. The molecule has 0 fully saturated rings. The fourth-order valence-corrected chi connectivity index (χ4v) is 1.92. The minimum Gasteiger partial charge on any atom is -0.363 e. The number of pyridine rings is 1. The van der Waals surface area contributed by atoms with E-state index in [1.54, 1.807) is 17.1 Å². The van der Waals surface area contributed by atoms with Crippen molar-refractivity contribution in [2.24, 2.45) is 0 Å². The summed E-state index contributed by atoms with van der Waals surface area (Å²) in [5.41, 5.74) is 3.06. The molecule has 0 aliphatic heterocycles. The first kappa shape index (κ1) is 12.5. The van der Waals surface area contributed by atoms with E-state index in [-0.39, 0.29) is 5.91 Å². The van der Waals surface area contributed by atoms with Crippen LogP contribution in [0.15, 0.2) is 29.2 Å². The lowest BCUT2D eigenvalue weighted by molar-refractivity contribution is 0.0946. The van der Waals surface area contributed by atoms with Crippen molar-refractivity contribution in [1.29, 1.82) is 0 Å². The fourth-order valence-electron chi connectivity index (χ4n) is 1.38. The van der Waals surface area contributed by atoms with Gasteiger partial charge in [-0.2, -0.15) is 0 Å². The number of aromatic nitrogens is 2. The van der Waals surface area contributed by atoms with E-state index < -0.39 is 0 Å². The molecule has 2 heterocycles. The second-order valence-corrected chi connectivity index (χ2v) is 4.69. The lowest BCUT2D eigenvalue weighted by Gasteiger charge is -2.11. The molecule has 6 heteroatoms. The highest BCUT2D eigenvalue weighted by atomic mass is 32.1. The monoisotopic (exact) mass is 262 g/mol. The number of thiazole rings is 1. The van der Waals surface area contributed by atoms with E-state index in [4.69, 9.17) is 0 Å². The highest BCUT2D eigenvalue weighted by Gasteiger charge is 2.06. The number of hydrogen-bond donors (Lipinski definition) is 1. The summed E-state index contributed by atoms with van der Waals surface area (Å²) >= 11 is 1.40. The summed E-state index contributed by atoms with van der Waals surface area (Å²) in [5, 5.41) is 4.53. The average Bonchev–Trinajstić information content (AvgIpc) is 2.90. The number of rotatable bonds is 4. The van der Waals surface area contributed by atoms with E-state index in [9.17, 15) is 4.79 Å². The maximum absolute atomic E-state index is 11.7.